The van der Waals surface area contributed by atoms with Gasteiger partial charge in [0.25, 0.3) is 5.69 Å². The largest absolute Gasteiger partial charge is 0.392 e. The van der Waals surface area contributed by atoms with Crippen LogP contribution in [0, 0.1) is 16.0 Å². The number of rotatable bonds is 11. The zero-order chi connectivity index (χ0) is 21.4. The van der Waals surface area contributed by atoms with Gasteiger partial charge in [-0.2, -0.15) is 0 Å². The highest BCUT2D eigenvalue weighted by atomic mass is 32.2. The molecule has 0 spiro atoms. The number of nitro benzene ring substituents is 1. The monoisotopic (exact) mass is 420 g/mol. The Balaban J connectivity index is 2.07. The number of aryl methyl sites for hydroxylation is 2. The Labute approximate surface area is 172 Å². The van der Waals surface area contributed by atoms with Crippen molar-refractivity contribution in [1.29, 1.82) is 0 Å². The maximum Gasteiger partial charge on any atom is 0.269 e. The first-order chi connectivity index (χ1) is 13.7. The van der Waals surface area contributed by atoms with E-state index in [4.69, 9.17) is 0 Å². The van der Waals surface area contributed by atoms with Crippen LogP contribution in [-0.4, -0.2) is 31.1 Å². The lowest BCUT2D eigenvalue weighted by Crippen LogP contribution is -2.33. The second kappa shape index (κ2) is 10.5. The number of nitrogens with one attached hydrogen (secondary N) is 1. The maximum atomic E-state index is 12.8. The van der Waals surface area contributed by atoms with E-state index in [-0.39, 0.29) is 17.1 Å². The van der Waals surface area contributed by atoms with E-state index >= 15 is 0 Å². The molecule has 7 nitrogen and oxygen atoms in total. The molecule has 0 aromatic heterocycles. The summed E-state index contributed by atoms with van der Waals surface area (Å²) in [7, 11) is -3.89. The molecule has 2 aromatic carbocycles. The highest BCUT2D eigenvalue weighted by Crippen LogP contribution is 2.24. The van der Waals surface area contributed by atoms with Crippen molar-refractivity contribution in [2.24, 2.45) is 5.92 Å². The fraction of sp³-hybridized carbons (Fsp3) is 0.429. The van der Waals surface area contributed by atoms with E-state index in [1.54, 1.807) is 0 Å². The first kappa shape index (κ1) is 23.0. The van der Waals surface area contributed by atoms with Crippen LogP contribution in [0.3, 0.4) is 0 Å². The lowest BCUT2D eigenvalue weighted by molar-refractivity contribution is -0.385. The Morgan fingerprint density at radius 2 is 1.76 bits per heavy atom. The molecule has 0 heterocycles. The standard InChI is InChI=1S/C21H28N2O5S/c1-16(2)8-10-18-14-19(23(25)26)11-13-21(18)29(27,28)22-15-20(24)12-9-17-6-4-3-5-7-17/h3-7,11,13-14,16,20,22,24H,8-10,12,15H2,1-2H3/t20-/m1/s1. The quantitative estimate of drug-likeness (QED) is 0.427. The Hall–Kier alpha value is -2.29. The van der Waals surface area contributed by atoms with Gasteiger partial charge in [0.05, 0.1) is 15.9 Å². The minimum absolute atomic E-state index is 0.0269. The smallest absolute Gasteiger partial charge is 0.269 e. The Morgan fingerprint density at radius 3 is 2.38 bits per heavy atom. The average Bonchev–Trinajstić information content (AvgIpc) is 2.69. The third-order valence-corrected chi connectivity index (χ3v) is 6.18. The summed E-state index contributed by atoms with van der Waals surface area (Å²) in [5.74, 6) is 0.331. The number of aliphatic hydroxyl groups is 1. The third-order valence-electron chi connectivity index (χ3n) is 4.65. The summed E-state index contributed by atoms with van der Waals surface area (Å²) in [6, 6.07) is 13.4. The number of benzene rings is 2. The van der Waals surface area contributed by atoms with Gasteiger partial charge in [-0.3, -0.25) is 10.1 Å². The van der Waals surface area contributed by atoms with Crippen molar-refractivity contribution >= 4 is 15.7 Å². The van der Waals surface area contributed by atoms with Crippen molar-refractivity contribution in [2.75, 3.05) is 6.54 Å². The third kappa shape index (κ3) is 7.23. The van der Waals surface area contributed by atoms with Gasteiger partial charge in [-0.1, -0.05) is 44.2 Å². The van der Waals surface area contributed by atoms with Gasteiger partial charge in [-0.15, -0.1) is 0 Å². The molecule has 0 unspecified atom stereocenters. The molecule has 0 aliphatic carbocycles. The molecule has 0 aliphatic rings. The maximum absolute atomic E-state index is 12.8. The summed E-state index contributed by atoms with van der Waals surface area (Å²) in [6.07, 6.45) is 1.37. The van der Waals surface area contributed by atoms with Crippen molar-refractivity contribution in [2.45, 2.75) is 50.5 Å². The molecule has 2 N–H and O–H groups in total. The van der Waals surface area contributed by atoms with Crippen LogP contribution >= 0.6 is 0 Å². The lowest BCUT2D eigenvalue weighted by Gasteiger charge is -2.15. The van der Waals surface area contributed by atoms with Gasteiger partial charge in [0.1, 0.15) is 0 Å². The van der Waals surface area contributed by atoms with Crippen LogP contribution in [0.4, 0.5) is 5.69 Å². The summed E-state index contributed by atoms with van der Waals surface area (Å²) in [5, 5.41) is 21.2. The Kier molecular flexibility index (Phi) is 8.31. The molecule has 0 fully saturated rings. The molecule has 29 heavy (non-hydrogen) atoms. The van der Waals surface area contributed by atoms with Crippen molar-refractivity contribution in [1.82, 2.24) is 4.72 Å². The highest BCUT2D eigenvalue weighted by Gasteiger charge is 2.22. The van der Waals surface area contributed by atoms with E-state index in [0.29, 0.717) is 37.2 Å². The van der Waals surface area contributed by atoms with E-state index in [2.05, 4.69) is 4.72 Å². The Bertz CT molecular complexity index is 914. The molecule has 0 amide bonds. The minimum atomic E-state index is -3.89. The van der Waals surface area contributed by atoms with Gasteiger partial charge in [0.15, 0.2) is 0 Å². The van der Waals surface area contributed by atoms with E-state index in [0.717, 1.165) is 5.56 Å². The fourth-order valence-corrected chi connectivity index (χ4v) is 4.27. The molecule has 0 saturated heterocycles. The number of aliphatic hydroxyl groups excluding tert-OH is 1. The minimum Gasteiger partial charge on any atom is -0.392 e. The summed E-state index contributed by atoms with van der Waals surface area (Å²) in [4.78, 5) is 10.6. The van der Waals surface area contributed by atoms with Crippen LogP contribution in [0.1, 0.15) is 37.8 Å². The average molecular weight is 421 g/mol. The zero-order valence-corrected chi connectivity index (χ0v) is 17.6. The van der Waals surface area contributed by atoms with Crippen molar-refractivity contribution in [3.8, 4) is 0 Å². The molecule has 0 radical (unpaired) electrons. The number of non-ortho nitro benzene ring substituents is 1. The molecule has 1 atom stereocenters. The molecule has 158 valence electrons. The molecule has 2 rings (SSSR count). The number of sulfonamides is 1. The lowest BCUT2D eigenvalue weighted by atomic mass is 10.0. The van der Waals surface area contributed by atoms with Gasteiger partial charge < -0.3 is 5.11 Å². The number of hydrogen-bond acceptors (Lipinski definition) is 5. The molecular formula is C21H28N2O5S. The zero-order valence-electron chi connectivity index (χ0n) is 16.7. The van der Waals surface area contributed by atoms with Gasteiger partial charge in [0.2, 0.25) is 10.0 Å². The molecular weight excluding hydrogens is 392 g/mol. The second-order valence-electron chi connectivity index (χ2n) is 7.51. The van der Waals surface area contributed by atoms with E-state index < -0.39 is 21.1 Å². The van der Waals surface area contributed by atoms with Crippen LogP contribution in [0.15, 0.2) is 53.4 Å². The predicted octanol–water partition coefficient (Wildman–Crippen LogP) is 3.46. The SMILES string of the molecule is CC(C)CCc1cc([N+](=O)[O-])ccc1S(=O)(=O)NC[C@H](O)CCc1ccccc1. The molecule has 2 aromatic rings. The van der Waals surface area contributed by atoms with Crippen molar-refractivity contribution < 1.29 is 18.4 Å². The number of hydrogen-bond donors (Lipinski definition) is 2. The first-order valence-electron chi connectivity index (χ1n) is 9.68. The van der Waals surface area contributed by atoms with Gasteiger partial charge >= 0.3 is 0 Å². The first-order valence-corrected chi connectivity index (χ1v) is 11.2. The predicted molar refractivity (Wildman–Crippen MR) is 112 cm³/mol. The Morgan fingerprint density at radius 1 is 1.07 bits per heavy atom. The normalized spacial score (nSPS) is 12.8. The summed E-state index contributed by atoms with van der Waals surface area (Å²) < 4.78 is 28.0. The van der Waals surface area contributed by atoms with E-state index in [1.165, 1.54) is 18.2 Å². The van der Waals surface area contributed by atoms with Gasteiger partial charge in [-0.25, -0.2) is 13.1 Å². The molecule has 0 aliphatic heterocycles. The highest BCUT2D eigenvalue weighted by molar-refractivity contribution is 7.89. The van der Waals surface area contributed by atoms with Crippen LogP contribution in [0.5, 0.6) is 0 Å². The molecule has 0 bridgehead atoms. The van der Waals surface area contributed by atoms with Crippen LogP contribution in [-0.2, 0) is 22.9 Å². The fourth-order valence-electron chi connectivity index (χ4n) is 2.94. The van der Waals surface area contributed by atoms with Crippen molar-refractivity contribution in [3.05, 3.63) is 69.8 Å². The van der Waals surface area contributed by atoms with Gasteiger partial charge in [0, 0.05) is 18.7 Å². The molecule has 8 heteroatoms. The van der Waals surface area contributed by atoms with Crippen LogP contribution < -0.4 is 4.72 Å². The summed E-state index contributed by atoms with van der Waals surface area (Å²) in [6.45, 7) is 3.90. The van der Waals surface area contributed by atoms with Crippen molar-refractivity contribution in [3.63, 3.8) is 0 Å². The summed E-state index contributed by atoms with van der Waals surface area (Å²) >= 11 is 0. The molecule has 0 saturated carbocycles. The van der Waals surface area contributed by atoms with E-state index in [1.807, 2.05) is 44.2 Å². The van der Waals surface area contributed by atoms with Crippen LogP contribution in [0.25, 0.3) is 0 Å². The number of nitro groups is 1. The number of nitrogens with zero attached hydrogens (tertiary/aromatic N) is 1. The second-order valence-corrected chi connectivity index (χ2v) is 9.25. The summed E-state index contributed by atoms with van der Waals surface area (Å²) in [5.41, 5.74) is 1.35. The van der Waals surface area contributed by atoms with Crippen LogP contribution in [0.2, 0.25) is 0 Å². The topological polar surface area (TPSA) is 110 Å². The van der Waals surface area contributed by atoms with E-state index in [9.17, 15) is 23.6 Å². The van der Waals surface area contributed by atoms with Gasteiger partial charge in [-0.05, 0) is 48.8 Å².